The molecule has 0 aromatic rings. The molecule has 10 heavy (non-hydrogen) atoms. The maximum absolute atomic E-state index is 10.7. The highest BCUT2D eigenvalue weighted by atomic mass is 16.2. The highest BCUT2D eigenvalue weighted by Crippen LogP contribution is 2.02. The minimum atomic E-state index is 0.0300. The van der Waals surface area contributed by atoms with Gasteiger partial charge in [-0.2, -0.15) is 0 Å². The van der Waals surface area contributed by atoms with E-state index in [-0.39, 0.29) is 5.91 Å². The van der Waals surface area contributed by atoms with Gasteiger partial charge < -0.3 is 4.90 Å². The molecule has 52 valence electrons. The highest BCUT2D eigenvalue weighted by Gasteiger charge is 2.24. The molecule has 2 aliphatic heterocycles. The van der Waals surface area contributed by atoms with E-state index >= 15 is 0 Å². The van der Waals surface area contributed by atoms with Gasteiger partial charge in [0.2, 0.25) is 11.9 Å². The predicted octanol–water partition coefficient (Wildman–Crippen LogP) is -0.698. The van der Waals surface area contributed by atoms with Crippen LogP contribution >= 0.6 is 0 Å². The molecule has 0 saturated carbocycles. The Hall–Kier alpha value is -1.32. The average Bonchev–Trinajstić information content (AvgIpc) is 2.27. The monoisotopic (exact) mass is 137 g/mol. The number of carbonyl (C=O) groups excluding carboxylic acids is 1. The molecule has 4 heteroatoms. The predicted molar refractivity (Wildman–Crippen MR) is 36.3 cm³/mol. The van der Waals surface area contributed by atoms with Crippen molar-refractivity contribution in [2.75, 3.05) is 13.1 Å². The Labute approximate surface area is 58.2 Å². The normalized spacial score (nSPS) is 22.2. The van der Waals surface area contributed by atoms with Crippen LogP contribution in [0.4, 0.5) is 0 Å². The first-order valence-electron chi connectivity index (χ1n) is 3.14. The van der Waals surface area contributed by atoms with Crippen LogP contribution in [0.1, 0.15) is 0 Å². The molecule has 0 aromatic carbocycles. The van der Waals surface area contributed by atoms with Crippen molar-refractivity contribution in [1.29, 1.82) is 0 Å². The molecule has 0 radical (unpaired) electrons. The molecule has 2 aliphatic rings. The molecule has 1 saturated heterocycles. The fourth-order valence-electron chi connectivity index (χ4n) is 1.05. The Balaban J connectivity index is 2.26. The highest BCUT2D eigenvalue weighted by molar-refractivity contribution is 6.04. The number of hydrogen-bond donors (Lipinski definition) is 1. The molecule has 0 atom stereocenters. The summed E-state index contributed by atoms with van der Waals surface area (Å²) in [5.74, 6) is 0.718. The minimum Gasteiger partial charge on any atom is -0.329 e. The molecule has 0 unspecified atom stereocenters. The summed E-state index contributed by atoms with van der Waals surface area (Å²) in [5.41, 5.74) is 0. The smallest absolute Gasteiger partial charge is 0.246 e. The van der Waals surface area contributed by atoms with Gasteiger partial charge in [0.1, 0.15) is 6.54 Å². The summed E-state index contributed by atoms with van der Waals surface area (Å²) in [4.78, 5) is 16.6. The number of amides is 1. The molecule has 0 spiro atoms. The molecule has 0 aliphatic carbocycles. The van der Waals surface area contributed by atoms with Crippen LogP contribution in [0, 0.1) is 0 Å². The van der Waals surface area contributed by atoms with Crippen molar-refractivity contribution in [1.82, 2.24) is 10.2 Å². The summed E-state index contributed by atoms with van der Waals surface area (Å²) in [6, 6.07) is 0. The zero-order chi connectivity index (χ0) is 6.97. The van der Waals surface area contributed by atoms with Gasteiger partial charge in [0.25, 0.3) is 0 Å². The van der Waals surface area contributed by atoms with E-state index in [9.17, 15) is 4.79 Å². The summed E-state index contributed by atoms with van der Waals surface area (Å²) in [6.07, 6.45) is 3.63. The third kappa shape index (κ3) is 0.689. The van der Waals surface area contributed by atoms with Gasteiger partial charge in [-0.15, -0.1) is 0 Å². The lowest BCUT2D eigenvalue weighted by Gasteiger charge is -2.15. The van der Waals surface area contributed by atoms with E-state index in [2.05, 4.69) is 10.3 Å². The van der Waals surface area contributed by atoms with Crippen LogP contribution in [0.3, 0.4) is 0 Å². The fraction of sp³-hybridized carbons (Fsp3) is 0.333. The summed E-state index contributed by atoms with van der Waals surface area (Å²) < 4.78 is 0. The zero-order valence-corrected chi connectivity index (χ0v) is 5.37. The molecule has 1 fully saturated rings. The van der Waals surface area contributed by atoms with Crippen LogP contribution in [0.15, 0.2) is 17.3 Å². The van der Waals surface area contributed by atoms with Gasteiger partial charge in [-0.1, -0.05) is 0 Å². The molecular formula is C6H7N3O. The van der Waals surface area contributed by atoms with Crippen molar-refractivity contribution in [2.24, 2.45) is 4.99 Å². The second-order valence-electron chi connectivity index (χ2n) is 2.27. The largest absolute Gasteiger partial charge is 0.329 e. The van der Waals surface area contributed by atoms with E-state index in [0.29, 0.717) is 12.5 Å². The average molecular weight is 137 g/mol. The first kappa shape index (κ1) is 5.46. The van der Waals surface area contributed by atoms with Crippen molar-refractivity contribution in [2.45, 2.75) is 0 Å². The first-order valence-corrected chi connectivity index (χ1v) is 3.14. The van der Waals surface area contributed by atoms with E-state index in [1.54, 1.807) is 6.20 Å². The van der Waals surface area contributed by atoms with Crippen LogP contribution in [-0.4, -0.2) is 29.9 Å². The third-order valence-corrected chi connectivity index (χ3v) is 1.51. The Morgan fingerprint density at radius 1 is 1.70 bits per heavy atom. The van der Waals surface area contributed by atoms with Crippen LogP contribution in [0.5, 0.6) is 0 Å². The van der Waals surface area contributed by atoms with Crippen molar-refractivity contribution in [3.63, 3.8) is 0 Å². The van der Waals surface area contributed by atoms with Crippen molar-refractivity contribution < 1.29 is 4.79 Å². The van der Waals surface area contributed by atoms with Gasteiger partial charge in [0, 0.05) is 12.7 Å². The van der Waals surface area contributed by atoms with E-state index < -0.39 is 0 Å². The second-order valence-corrected chi connectivity index (χ2v) is 2.27. The summed E-state index contributed by atoms with van der Waals surface area (Å²) in [7, 11) is 0. The van der Waals surface area contributed by atoms with Crippen LogP contribution in [0.25, 0.3) is 0 Å². The van der Waals surface area contributed by atoms with E-state index in [0.717, 1.165) is 6.54 Å². The van der Waals surface area contributed by atoms with Crippen LogP contribution < -0.4 is 5.32 Å². The summed E-state index contributed by atoms with van der Waals surface area (Å²) in [5, 5.41) is 2.64. The molecule has 1 N–H and O–H groups in total. The molecular weight excluding hydrogens is 130 g/mol. The van der Waals surface area contributed by atoms with Gasteiger partial charge in [-0.25, -0.2) is 4.99 Å². The zero-order valence-electron chi connectivity index (χ0n) is 5.37. The lowest BCUT2D eigenvalue weighted by Crippen LogP contribution is -2.31. The fourth-order valence-corrected chi connectivity index (χ4v) is 1.05. The third-order valence-electron chi connectivity index (χ3n) is 1.51. The Morgan fingerprint density at radius 2 is 2.60 bits per heavy atom. The number of rotatable bonds is 0. The maximum atomic E-state index is 10.7. The first-order chi connectivity index (χ1) is 4.86. The summed E-state index contributed by atoms with van der Waals surface area (Å²) >= 11 is 0. The van der Waals surface area contributed by atoms with Crippen molar-refractivity contribution >= 4 is 11.9 Å². The van der Waals surface area contributed by atoms with E-state index in [1.807, 2.05) is 11.0 Å². The number of nitrogens with one attached hydrogen (secondary N) is 1. The van der Waals surface area contributed by atoms with Gasteiger partial charge in [0.15, 0.2) is 0 Å². The number of aliphatic imine (C=N–C) groups is 1. The molecule has 4 nitrogen and oxygen atoms in total. The number of fused-ring (bicyclic) bond motifs is 1. The quantitative estimate of drug-likeness (QED) is 0.480. The molecule has 0 aromatic heterocycles. The van der Waals surface area contributed by atoms with Crippen LogP contribution in [-0.2, 0) is 4.79 Å². The Bertz CT molecular complexity index is 231. The number of carbonyl (C=O) groups is 1. The molecule has 2 heterocycles. The van der Waals surface area contributed by atoms with Gasteiger partial charge >= 0.3 is 0 Å². The lowest BCUT2D eigenvalue weighted by molar-refractivity contribution is -0.118. The lowest BCUT2D eigenvalue weighted by atomic mass is 10.5. The number of guanidine groups is 1. The molecule has 2 rings (SSSR count). The number of nitrogens with zero attached hydrogens (tertiary/aromatic N) is 2. The maximum Gasteiger partial charge on any atom is 0.246 e. The standard InChI is InChI=1S/C6H7N3O/c10-5-4-9-3-1-2-7-6(9)8-5/h1-2H,3-4H2,(H,7,8,10). The molecule has 0 bridgehead atoms. The van der Waals surface area contributed by atoms with Crippen molar-refractivity contribution in [3.05, 3.63) is 12.3 Å². The summed E-state index contributed by atoms with van der Waals surface area (Å²) in [6.45, 7) is 1.24. The van der Waals surface area contributed by atoms with Crippen molar-refractivity contribution in [3.8, 4) is 0 Å². The topological polar surface area (TPSA) is 44.7 Å². The SMILES string of the molecule is O=C1CN2CC=CN=C2N1. The number of hydrogen-bond acceptors (Lipinski definition) is 3. The molecule has 1 amide bonds. The van der Waals surface area contributed by atoms with Gasteiger partial charge in [0.05, 0.1) is 0 Å². The van der Waals surface area contributed by atoms with Gasteiger partial charge in [-0.3, -0.25) is 10.1 Å². The van der Waals surface area contributed by atoms with Crippen LogP contribution in [0.2, 0.25) is 0 Å². The Kier molecular flexibility index (Phi) is 1.00. The second kappa shape index (κ2) is 1.83. The Morgan fingerprint density at radius 3 is 3.40 bits per heavy atom. The van der Waals surface area contributed by atoms with Gasteiger partial charge in [-0.05, 0) is 6.08 Å². The van der Waals surface area contributed by atoms with E-state index in [4.69, 9.17) is 0 Å². The van der Waals surface area contributed by atoms with E-state index in [1.165, 1.54) is 0 Å². The minimum absolute atomic E-state index is 0.0300.